The highest BCUT2D eigenvalue weighted by atomic mass is 16.6. The molecule has 0 aliphatic heterocycles. The first-order valence-electron chi connectivity index (χ1n) is 8.09. The van der Waals surface area contributed by atoms with Crippen molar-refractivity contribution in [1.29, 1.82) is 0 Å². The molecule has 1 aliphatic carbocycles. The average Bonchev–Trinajstić information content (AvgIpc) is 2.44. The molecule has 2 N–H and O–H groups in total. The van der Waals surface area contributed by atoms with Crippen molar-refractivity contribution in [3.8, 4) is 0 Å². The van der Waals surface area contributed by atoms with Crippen LogP contribution < -0.4 is 10.6 Å². The second kappa shape index (κ2) is 8.98. The van der Waals surface area contributed by atoms with Crippen LogP contribution in [0.5, 0.6) is 0 Å². The average molecular weight is 314 g/mol. The van der Waals surface area contributed by atoms with Gasteiger partial charge in [-0.15, -0.1) is 0 Å². The number of hydrogen-bond donors (Lipinski definition) is 2. The Balaban J connectivity index is 2.35. The molecular formula is C16H30N2O4. The molecule has 128 valence electrons. The fraction of sp³-hybridized carbons (Fsp3) is 0.875. The van der Waals surface area contributed by atoms with Gasteiger partial charge in [0.2, 0.25) is 0 Å². The van der Waals surface area contributed by atoms with Gasteiger partial charge in [0.05, 0.1) is 13.5 Å². The number of rotatable bonds is 6. The number of carbonyl (C=O) groups is 2. The molecule has 1 amide bonds. The Labute approximate surface area is 133 Å². The molecule has 6 heteroatoms. The van der Waals surface area contributed by atoms with E-state index in [2.05, 4.69) is 15.4 Å². The van der Waals surface area contributed by atoms with Gasteiger partial charge in [0.1, 0.15) is 5.60 Å². The van der Waals surface area contributed by atoms with Crippen molar-refractivity contribution in [3.05, 3.63) is 0 Å². The molecule has 22 heavy (non-hydrogen) atoms. The third-order valence-corrected chi connectivity index (χ3v) is 3.78. The second-order valence-electron chi connectivity index (χ2n) is 6.81. The Kier molecular flexibility index (Phi) is 7.65. The molecule has 1 aliphatic rings. The van der Waals surface area contributed by atoms with Crippen molar-refractivity contribution in [2.75, 3.05) is 20.2 Å². The Bertz CT molecular complexity index is 366. The van der Waals surface area contributed by atoms with E-state index in [9.17, 15) is 9.59 Å². The number of amides is 1. The van der Waals surface area contributed by atoms with Crippen molar-refractivity contribution < 1.29 is 19.1 Å². The van der Waals surface area contributed by atoms with E-state index in [0.29, 0.717) is 31.5 Å². The van der Waals surface area contributed by atoms with Gasteiger partial charge >= 0.3 is 12.1 Å². The van der Waals surface area contributed by atoms with Crippen LogP contribution in [-0.2, 0) is 14.3 Å². The van der Waals surface area contributed by atoms with E-state index in [4.69, 9.17) is 4.74 Å². The lowest BCUT2D eigenvalue weighted by Gasteiger charge is -2.32. The van der Waals surface area contributed by atoms with E-state index < -0.39 is 5.60 Å². The summed E-state index contributed by atoms with van der Waals surface area (Å²) >= 11 is 0. The lowest BCUT2D eigenvalue weighted by atomic mass is 9.84. The molecule has 0 radical (unpaired) electrons. The number of methoxy groups -OCH3 is 1. The van der Waals surface area contributed by atoms with E-state index in [0.717, 1.165) is 12.8 Å². The number of ether oxygens (including phenoxy) is 2. The van der Waals surface area contributed by atoms with E-state index in [1.54, 1.807) is 0 Å². The Morgan fingerprint density at radius 2 is 1.86 bits per heavy atom. The normalized spacial score (nSPS) is 22.0. The quantitative estimate of drug-likeness (QED) is 0.735. The Hall–Kier alpha value is -1.30. The minimum atomic E-state index is -0.477. The molecule has 0 spiro atoms. The van der Waals surface area contributed by atoms with Gasteiger partial charge in [0, 0.05) is 19.1 Å². The number of esters is 1. The van der Waals surface area contributed by atoms with Gasteiger partial charge in [-0.2, -0.15) is 0 Å². The van der Waals surface area contributed by atoms with Gasteiger partial charge in [0.15, 0.2) is 0 Å². The van der Waals surface area contributed by atoms with E-state index >= 15 is 0 Å². The maximum atomic E-state index is 11.7. The minimum Gasteiger partial charge on any atom is -0.469 e. The molecule has 0 bridgehead atoms. The van der Waals surface area contributed by atoms with Crippen LogP contribution in [0.15, 0.2) is 0 Å². The zero-order valence-corrected chi connectivity index (χ0v) is 14.2. The molecule has 0 aromatic carbocycles. The van der Waals surface area contributed by atoms with Crippen LogP contribution in [0.2, 0.25) is 0 Å². The first kappa shape index (κ1) is 18.7. The van der Waals surface area contributed by atoms with E-state index in [1.165, 1.54) is 20.0 Å². The van der Waals surface area contributed by atoms with Crippen LogP contribution in [-0.4, -0.2) is 43.9 Å². The summed E-state index contributed by atoms with van der Waals surface area (Å²) in [6.07, 6.45) is 4.51. The van der Waals surface area contributed by atoms with Crippen LogP contribution in [0.25, 0.3) is 0 Å². The zero-order chi connectivity index (χ0) is 16.6. The monoisotopic (exact) mass is 314 g/mol. The Morgan fingerprint density at radius 3 is 2.50 bits per heavy atom. The maximum Gasteiger partial charge on any atom is 0.407 e. The first-order valence-corrected chi connectivity index (χ1v) is 8.09. The van der Waals surface area contributed by atoms with Gasteiger partial charge in [-0.25, -0.2) is 4.79 Å². The highest BCUT2D eigenvalue weighted by Gasteiger charge is 2.26. The number of alkyl carbamates (subject to hydrolysis) is 1. The van der Waals surface area contributed by atoms with Crippen LogP contribution >= 0.6 is 0 Å². The highest BCUT2D eigenvalue weighted by Crippen LogP contribution is 2.24. The fourth-order valence-electron chi connectivity index (χ4n) is 2.71. The van der Waals surface area contributed by atoms with Crippen LogP contribution in [0.1, 0.15) is 52.9 Å². The maximum absolute atomic E-state index is 11.7. The van der Waals surface area contributed by atoms with Crippen molar-refractivity contribution in [2.24, 2.45) is 5.92 Å². The van der Waals surface area contributed by atoms with E-state index in [-0.39, 0.29) is 12.1 Å². The summed E-state index contributed by atoms with van der Waals surface area (Å²) in [5, 5.41) is 6.27. The van der Waals surface area contributed by atoms with Gasteiger partial charge in [-0.3, -0.25) is 4.79 Å². The molecule has 1 fully saturated rings. The van der Waals surface area contributed by atoms with Crippen molar-refractivity contribution >= 4 is 12.1 Å². The van der Waals surface area contributed by atoms with E-state index in [1.807, 2.05) is 20.8 Å². The van der Waals surface area contributed by atoms with Crippen LogP contribution in [0, 0.1) is 5.92 Å². The van der Waals surface area contributed by atoms with Crippen LogP contribution in [0.4, 0.5) is 4.79 Å². The molecule has 6 nitrogen and oxygen atoms in total. The number of carbonyl (C=O) groups excluding carboxylic acids is 2. The summed E-state index contributed by atoms with van der Waals surface area (Å²) in [4.78, 5) is 22.9. The summed E-state index contributed by atoms with van der Waals surface area (Å²) in [6, 6.07) is 0.327. The van der Waals surface area contributed by atoms with Crippen molar-refractivity contribution in [2.45, 2.75) is 64.5 Å². The largest absolute Gasteiger partial charge is 0.469 e. The van der Waals surface area contributed by atoms with Gasteiger partial charge in [-0.05, 0) is 39.5 Å². The lowest BCUT2D eigenvalue weighted by Crippen LogP contribution is -2.45. The molecular weight excluding hydrogens is 284 g/mol. The zero-order valence-electron chi connectivity index (χ0n) is 14.2. The molecule has 0 aromatic heterocycles. The Morgan fingerprint density at radius 1 is 1.18 bits per heavy atom. The van der Waals surface area contributed by atoms with Gasteiger partial charge in [0.25, 0.3) is 0 Å². The number of nitrogens with one attached hydrogen (secondary N) is 2. The van der Waals surface area contributed by atoms with Gasteiger partial charge in [-0.1, -0.05) is 12.8 Å². The fourth-order valence-corrected chi connectivity index (χ4v) is 2.71. The minimum absolute atomic E-state index is 0.202. The smallest absolute Gasteiger partial charge is 0.407 e. The summed E-state index contributed by atoms with van der Waals surface area (Å²) in [5.74, 6) is 0.172. The summed E-state index contributed by atoms with van der Waals surface area (Å²) in [7, 11) is 1.40. The summed E-state index contributed by atoms with van der Waals surface area (Å²) in [5.41, 5.74) is -0.477. The molecule has 2 unspecified atom stereocenters. The molecule has 0 aromatic rings. The molecule has 1 rings (SSSR count). The number of hydrogen-bond acceptors (Lipinski definition) is 5. The first-order chi connectivity index (χ1) is 10.3. The lowest BCUT2D eigenvalue weighted by molar-refractivity contribution is -0.140. The summed E-state index contributed by atoms with van der Waals surface area (Å²) in [6.45, 7) is 6.77. The third-order valence-electron chi connectivity index (χ3n) is 3.78. The second-order valence-corrected chi connectivity index (χ2v) is 6.81. The predicted molar refractivity (Wildman–Crippen MR) is 84.6 cm³/mol. The molecule has 1 saturated carbocycles. The van der Waals surface area contributed by atoms with Crippen LogP contribution in [0.3, 0.4) is 0 Å². The highest BCUT2D eigenvalue weighted by molar-refractivity contribution is 5.69. The molecule has 0 saturated heterocycles. The van der Waals surface area contributed by atoms with Gasteiger partial charge < -0.3 is 20.1 Å². The molecule has 2 atom stereocenters. The predicted octanol–water partition coefficient (Wildman–Crippen LogP) is 2.22. The molecule has 0 heterocycles. The third kappa shape index (κ3) is 7.64. The van der Waals surface area contributed by atoms with Crippen molar-refractivity contribution in [3.63, 3.8) is 0 Å². The SMILES string of the molecule is COC(=O)CCNC1CCCCC1CNC(=O)OC(C)(C)C. The topological polar surface area (TPSA) is 76.7 Å². The summed E-state index contributed by atoms with van der Waals surface area (Å²) < 4.78 is 9.90. The standard InChI is InChI=1S/C16H30N2O4/c1-16(2,3)22-15(20)18-11-12-7-5-6-8-13(12)17-10-9-14(19)21-4/h12-13,17H,5-11H2,1-4H3,(H,18,20). The van der Waals surface area contributed by atoms with Crippen molar-refractivity contribution in [1.82, 2.24) is 10.6 Å².